The zero-order chi connectivity index (χ0) is 14.8. The minimum atomic E-state index is -4.52. The van der Waals surface area contributed by atoms with Crippen LogP contribution in [0.1, 0.15) is 6.92 Å². The van der Waals surface area contributed by atoms with Crippen LogP contribution in [0.2, 0.25) is 0 Å². The minimum absolute atomic E-state index is 0.200. The Kier molecular flexibility index (Phi) is 3.87. The SMILES string of the molecule is CC=CC(=O)Oc1ccc2ccccc2c1S(=O)(=O)O. The van der Waals surface area contributed by atoms with E-state index in [2.05, 4.69) is 0 Å². The lowest BCUT2D eigenvalue weighted by atomic mass is 10.1. The molecule has 0 unspecified atom stereocenters. The molecule has 0 amide bonds. The summed E-state index contributed by atoms with van der Waals surface area (Å²) in [5.41, 5.74) is 0. The highest BCUT2D eigenvalue weighted by molar-refractivity contribution is 7.86. The fourth-order valence-electron chi connectivity index (χ4n) is 1.85. The molecule has 0 fully saturated rings. The Morgan fingerprint density at radius 2 is 1.90 bits per heavy atom. The fraction of sp³-hybridized carbons (Fsp3) is 0.0714. The van der Waals surface area contributed by atoms with Gasteiger partial charge >= 0.3 is 5.97 Å². The maximum atomic E-state index is 11.6. The molecule has 0 bridgehead atoms. The van der Waals surface area contributed by atoms with E-state index in [0.717, 1.165) is 6.08 Å². The first kappa shape index (κ1) is 14.2. The summed E-state index contributed by atoms with van der Waals surface area (Å²) < 4.78 is 37.4. The molecule has 0 atom stereocenters. The number of carbonyl (C=O) groups excluding carboxylic acids is 1. The lowest BCUT2D eigenvalue weighted by molar-refractivity contribution is -0.129. The van der Waals surface area contributed by atoms with Crippen molar-refractivity contribution in [2.45, 2.75) is 11.8 Å². The van der Waals surface area contributed by atoms with Gasteiger partial charge in [-0.3, -0.25) is 4.55 Å². The summed E-state index contributed by atoms with van der Waals surface area (Å²) in [5.74, 6) is -0.915. The maximum Gasteiger partial charge on any atom is 0.335 e. The lowest BCUT2D eigenvalue weighted by Crippen LogP contribution is -2.09. The van der Waals surface area contributed by atoms with Crippen molar-refractivity contribution in [1.29, 1.82) is 0 Å². The summed E-state index contributed by atoms with van der Waals surface area (Å²) in [4.78, 5) is 11.0. The average molecular weight is 292 g/mol. The molecule has 0 saturated heterocycles. The lowest BCUT2D eigenvalue weighted by Gasteiger charge is -2.09. The van der Waals surface area contributed by atoms with E-state index in [1.54, 1.807) is 31.2 Å². The summed E-state index contributed by atoms with van der Waals surface area (Å²) in [6, 6.07) is 9.55. The molecular formula is C14H12O5S. The van der Waals surface area contributed by atoms with Crippen LogP contribution in [0.3, 0.4) is 0 Å². The Labute approximate surface area is 116 Å². The molecule has 2 rings (SSSR count). The molecule has 0 spiro atoms. The van der Waals surface area contributed by atoms with Gasteiger partial charge in [0.25, 0.3) is 10.1 Å². The third-order valence-corrected chi connectivity index (χ3v) is 3.55. The van der Waals surface area contributed by atoms with E-state index in [0.29, 0.717) is 10.8 Å². The molecule has 20 heavy (non-hydrogen) atoms. The first-order valence-electron chi connectivity index (χ1n) is 5.77. The van der Waals surface area contributed by atoms with Crippen molar-refractivity contribution in [3.8, 4) is 5.75 Å². The monoisotopic (exact) mass is 292 g/mol. The molecule has 2 aromatic carbocycles. The van der Waals surface area contributed by atoms with Gasteiger partial charge < -0.3 is 4.74 Å². The number of benzene rings is 2. The van der Waals surface area contributed by atoms with Crippen LogP contribution in [-0.4, -0.2) is 18.9 Å². The molecule has 0 aliphatic rings. The summed E-state index contributed by atoms with van der Waals surface area (Å²) in [6.07, 6.45) is 2.62. The number of hydrogen-bond donors (Lipinski definition) is 1. The molecule has 1 N–H and O–H groups in total. The number of allylic oxidation sites excluding steroid dienone is 1. The van der Waals surface area contributed by atoms with E-state index in [4.69, 9.17) is 4.74 Å². The molecule has 0 heterocycles. The van der Waals surface area contributed by atoms with Crippen LogP contribution in [0, 0.1) is 0 Å². The summed E-state index contributed by atoms with van der Waals surface area (Å²) >= 11 is 0. The van der Waals surface area contributed by atoms with Gasteiger partial charge in [-0.1, -0.05) is 36.4 Å². The van der Waals surface area contributed by atoms with Gasteiger partial charge in [0.15, 0.2) is 5.75 Å². The summed E-state index contributed by atoms with van der Waals surface area (Å²) in [5, 5.41) is 0.909. The van der Waals surface area contributed by atoms with E-state index >= 15 is 0 Å². The van der Waals surface area contributed by atoms with Crippen molar-refractivity contribution in [2.75, 3.05) is 0 Å². The number of esters is 1. The maximum absolute atomic E-state index is 11.6. The van der Waals surface area contributed by atoms with Gasteiger partial charge in [-0.25, -0.2) is 4.79 Å². The van der Waals surface area contributed by atoms with Gasteiger partial charge in [0.05, 0.1) is 0 Å². The van der Waals surface area contributed by atoms with Gasteiger partial charge in [-0.05, 0) is 18.4 Å². The van der Waals surface area contributed by atoms with Gasteiger partial charge in [0.1, 0.15) is 4.90 Å². The van der Waals surface area contributed by atoms with E-state index in [9.17, 15) is 17.8 Å². The van der Waals surface area contributed by atoms with Crippen LogP contribution >= 0.6 is 0 Å². The van der Waals surface area contributed by atoms with Gasteiger partial charge in [0.2, 0.25) is 0 Å². The predicted molar refractivity (Wildman–Crippen MR) is 74.2 cm³/mol. The molecule has 0 saturated carbocycles. The Morgan fingerprint density at radius 3 is 2.55 bits per heavy atom. The Bertz CT molecular complexity index is 790. The third kappa shape index (κ3) is 2.87. The quantitative estimate of drug-likeness (QED) is 0.407. The second-order valence-electron chi connectivity index (χ2n) is 4.01. The molecule has 0 aliphatic carbocycles. The number of carbonyl (C=O) groups is 1. The molecule has 0 aromatic heterocycles. The zero-order valence-corrected chi connectivity index (χ0v) is 11.4. The van der Waals surface area contributed by atoms with Crippen LogP contribution in [-0.2, 0) is 14.9 Å². The molecule has 5 nitrogen and oxygen atoms in total. The molecular weight excluding hydrogens is 280 g/mol. The van der Waals surface area contributed by atoms with Gasteiger partial charge in [-0.15, -0.1) is 0 Å². The number of ether oxygens (including phenoxy) is 1. The van der Waals surface area contributed by atoms with Crippen molar-refractivity contribution >= 4 is 26.9 Å². The summed E-state index contributed by atoms with van der Waals surface area (Å²) in [7, 11) is -4.52. The van der Waals surface area contributed by atoms with Crippen molar-refractivity contribution < 1.29 is 22.5 Å². The van der Waals surface area contributed by atoms with Crippen molar-refractivity contribution in [3.63, 3.8) is 0 Å². The topological polar surface area (TPSA) is 80.7 Å². The van der Waals surface area contributed by atoms with Gasteiger partial charge in [-0.2, -0.15) is 8.42 Å². The average Bonchev–Trinajstić information content (AvgIpc) is 2.37. The van der Waals surface area contributed by atoms with E-state index in [1.165, 1.54) is 18.2 Å². The Hall–Kier alpha value is -2.18. The first-order valence-corrected chi connectivity index (χ1v) is 7.21. The number of hydrogen-bond acceptors (Lipinski definition) is 4. The van der Waals surface area contributed by atoms with E-state index < -0.39 is 21.0 Å². The largest absolute Gasteiger partial charge is 0.422 e. The molecule has 0 radical (unpaired) electrons. The normalized spacial score (nSPS) is 11.9. The predicted octanol–water partition coefficient (Wildman–Crippen LogP) is 2.57. The Morgan fingerprint density at radius 1 is 1.20 bits per heavy atom. The van der Waals surface area contributed by atoms with Crippen molar-refractivity contribution in [2.24, 2.45) is 0 Å². The third-order valence-electron chi connectivity index (χ3n) is 2.61. The van der Waals surface area contributed by atoms with Crippen molar-refractivity contribution in [3.05, 3.63) is 48.6 Å². The van der Waals surface area contributed by atoms with Crippen LogP contribution in [0.25, 0.3) is 10.8 Å². The molecule has 0 aliphatic heterocycles. The van der Waals surface area contributed by atoms with E-state index in [1.807, 2.05) is 0 Å². The summed E-state index contributed by atoms with van der Waals surface area (Å²) in [6.45, 7) is 1.63. The van der Waals surface area contributed by atoms with Crippen molar-refractivity contribution in [1.82, 2.24) is 0 Å². The van der Waals surface area contributed by atoms with Crippen LogP contribution in [0.5, 0.6) is 5.75 Å². The molecule has 2 aromatic rings. The smallest absolute Gasteiger partial charge is 0.335 e. The minimum Gasteiger partial charge on any atom is -0.422 e. The first-order chi connectivity index (χ1) is 9.43. The second kappa shape index (κ2) is 5.44. The zero-order valence-electron chi connectivity index (χ0n) is 10.6. The Balaban J connectivity index is 2.69. The number of fused-ring (bicyclic) bond motifs is 1. The van der Waals surface area contributed by atoms with Gasteiger partial charge in [0, 0.05) is 11.5 Å². The van der Waals surface area contributed by atoms with E-state index in [-0.39, 0.29) is 5.75 Å². The van der Waals surface area contributed by atoms with Crippen LogP contribution < -0.4 is 4.74 Å². The highest BCUT2D eigenvalue weighted by Crippen LogP contribution is 2.32. The fourth-order valence-corrected chi connectivity index (χ4v) is 2.68. The highest BCUT2D eigenvalue weighted by Gasteiger charge is 2.21. The second-order valence-corrected chi connectivity index (χ2v) is 5.37. The molecule has 104 valence electrons. The molecule has 6 heteroatoms. The standard InChI is InChI=1S/C14H12O5S/c1-2-5-13(15)19-12-9-8-10-6-3-4-7-11(10)14(12)20(16,17)18/h2-9H,1H3,(H,16,17,18). The van der Waals surface area contributed by atoms with Crippen LogP contribution in [0.4, 0.5) is 0 Å². The highest BCUT2D eigenvalue weighted by atomic mass is 32.2. The van der Waals surface area contributed by atoms with Crippen LogP contribution in [0.15, 0.2) is 53.4 Å². The number of rotatable bonds is 3.